The van der Waals surface area contributed by atoms with Crippen molar-refractivity contribution in [3.05, 3.63) is 189 Å². The number of rotatable bonds is 6. The van der Waals surface area contributed by atoms with Crippen molar-refractivity contribution in [1.82, 2.24) is 0 Å². The van der Waals surface area contributed by atoms with E-state index in [1.807, 2.05) is 0 Å². The summed E-state index contributed by atoms with van der Waals surface area (Å²) in [5, 5.41) is -0.320. The highest BCUT2D eigenvalue weighted by molar-refractivity contribution is 6.08. The first-order valence-electron chi connectivity index (χ1n) is 18.0. The molecule has 0 saturated heterocycles. The van der Waals surface area contributed by atoms with Crippen molar-refractivity contribution < 1.29 is 87.8 Å². The van der Waals surface area contributed by atoms with Gasteiger partial charge < -0.3 is 0 Å². The van der Waals surface area contributed by atoms with Crippen molar-refractivity contribution in [1.29, 1.82) is 0 Å². The highest BCUT2D eigenvalue weighted by Crippen LogP contribution is 2.46. The van der Waals surface area contributed by atoms with Gasteiger partial charge in [-0.1, -0.05) is 36.4 Å². The van der Waals surface area contributed by atoms with Crippen LogP contribution in [0.2, 0.25) is 0 Å². The van der Waals surface area contributed by atoms with Crippen LogP contribution < -0.4 is 0 Å². The standard InChI is InChI=1S/C46H12F20/c47-27-23(28(48)36(56)43(63)35(27)55)16-7-14(8-17(11-16)24-29(49)37(57)44(64)38(58)30(24)50)20-5-1-3-13-4-2-6-21(22(13)20)15-9-18(25-31(51)39(59)45(65)40(60)32(25)52)12-19(10-15)26-33(53)41(61)46(66)42(62)34(26)54/h1-12H. The van der Waals surface area contributed by atoms with Gasteiger partial charge in [-0.05, 0) is 91.7 Å². The Balaban J connectivity index is 1.51. The SMILES string of the molecule is Fc1c(F)c(F)c(-c2cc(-c3c(F)c(F)c(F)c(F)c3F)cc(-c3cccc4cccc(-c5cc(-c6c(F)c(F)c(F)c(F)c6F)cc(-c6c(F)c(F)c(F)c(F)c6F)c5)c34)c2)c(F)c1F. The van der Waals surface area contributed by atoms with E-state index in [0.29, 0.717) is 36.4 Å². The van der Waals surface area contributed by atoms with Gasteiger partial charge in [0.15, 0.2) is 93.1 Å². The lowest BCUT2D eigenvalue weighted by Crippen LogP contribution is -2.06. The highest BCUT2D eigenvalue weighted by Gasteiger charge is 2.33. The fraction of sp³-hybridized carbons (Fsp3) is 0. The molecule has 8 aromatic carbocycles. The zero-order valence-electron chi connectivity index (χ0n) is 31.5. The van der Waals surface area contributed by atoms with Crippen molar-refractivity contribution in [2.75, 3.05) is 0 Å². The summed E-state index contributed by atoms with van der Waals surface area (Å²) < 4.78 is 296. The molecule has 0 aliphatic carbocycles. The molecule has 0 aliphatic heterocycles. The zero-order valence-corrected chi connectivity index (χ0v) is 31.5. The van der Waals surface area contributed by atoms with Crippen LogP contribution in [0.25, 0.3) is 77.5 Å². The topological polar surface area (TPSA) is 0 Å². The van der Waals surface area contributed by atoms with Gasteiger partial charge >= 0.3 is 0 Å². The molecule has 8 aromatic rings. The Morgan fingerprint density at radius 1 is 0.197 bits per heavy atom. The Morgan fingerprint density at radius 3 is 0.591 bits per heavy atom. The number of hydrogen-bond donors (Lipinski definition) is 0. The molecule has 0 unspecified atom stereocenters. The van der Waals surface area contributed by atoms with Gasteiger partial charge in [0.2, 0.25) is 23.3 Å². The highest BCUT2D eigenvalue weighted by atomic mass is 19.2. The lowest BCUT2D eigenvalue weighted by molar-refractivity contribution is 0.381. The van der Waals surface area contributed by atoms with Gasteiger partial charge in [0.1, 0.15) is 0 Å². The van der Waals surface area contributed by atoms with Crippen LogP contribution >= 0.6 is 0 Å². The maximum Gasteiger partial charge on any atom is 0.200 e. The molecule has 0 N–H and O–H groups in total. The smallest absolute Gasteiger partial charge is 0.200 e. The van der Waals surface area contributed by atoms with E-state index in [2.05, 4.69) is 0 Å². The summed E-state index contributed by atoms with van der Waals surface area (Å²) in [4.78, 5) is 0. The third kappa shape index (κ3) is 6.79. The summed E-state index contributed by atoms with van der Waals surface area (Å²) >= 11 is 0. The zero-order chi connectivity index (χ0) is 48.1. The Kier molecular flexibility index (Phi) is 11.1. The molecule has 0 nitrogen and oxygen atoms in total. The van der Waals surface area contributed by atoms with Crippen LogP contribution in [0.4, 0.5) is 87.8 Å². The van der Waals surface area contributed by atoms with Gasteiger partial charge in [0, 0.05) is 0 Å². The molecule has 0 spiro atoms. The Morgan fingerprint density at radius 2 is 0.379 bits per heavy atom. The molecule has 0 amide bonds. The fourth-order valence-corrected chi connectivity index (χ4v) is 7.40. The lowest BCUT2D eigenvalue weighted by Gasteiger charge is -2.18. The minimum absolute atomic E-state index is 0.0242. The minimum Gasteiger partial charge on any atom is -0.203 e. The summed E-state index contributed by atoms with van der Waals surface area (Å²) in [6.07, 6.45) is 0. The molecule has 0 atom stereocenters. The largest absolute Gasteiger partial charge is 0.203 e. The molecule has 20 heteroatoms. The number of halogens is 20. The summed E-state index contributed by atoms with van der Waals surface area (Å²) in [5.41, 5.74) is -13.8. The number of benzene rings is 8. The normalized spacial score (nSPS) is 11.6. The van der Waals surface area contributed by atoms with E-state index >= 15 is 35.1 Å². The summed E-state index contributed by atoms with van der Waals surface area (Å²) in [6, 6.07) is 10.1. The first-order valence-corrected chi connectivity index (χ1v) is 18.0. The molecule has 0 saturated carbocycles. The minimum atomic E-state index is -2.66. The number of fused-ring (bicyclic) bond motifs is 1. The molecule has 66 heavy (non-hydrogen) atoms. The predicted octanol–water partition coefficient (Wildman–Crippen LogP) is 15.6. The number of hydrogen-bond acceptors (Lipinski definition) is 0. The van der Waals surface area contributed by atoms with Crippen LogP contribution in [0.3, 0.4) is 0 Å². The first kappa shape index (κ1) is 45.2. The third-order valence-electron chi connectivity index (χ3n) is 10.4. The summed E-state index contributed by atoms with van der Waals surface area (Å²) in [7, 11) is 0. The van der Waals surface area contributed by atoms with Gasteiger partial charge in [-0.25, -0.2) is 87.8 Å². The predicted molar refractivity (Wildman–Crippen MR) is 196 cm³/mol. The van der Waals surface area contributed by atoms with Crippen LogP contribution in [0.1, 0.15) is 0 Å². The van der Waals surface area contributed by atoms with Crippen LogP contribution in [0.15, 0.2) is 72.8 Å². The van der Waals surface area contributed by atoms with E-state index in [9.17, 15) is 52.7 Å². The van der Waals surface area contributed by atoms with Crippen LogP contribution in [0.5, 0.6) is 0 Å². The van der Waals surface area contributed by atoms with Crippen molar-refractivity contribution in [3.63, 3.8) is 0 Å². The second-order valence-corrected chi connectivity index (χ2v) is 14.1. The summed E-state index contributed by atoms with van der Waals surface area (Å²) in [6.45, 7) is 0. The Hall–Kier alpha value is -7.38. The van der Waals surface area contributed by atoms with Crippen LogP contribution in [-0.4, -0.2) is 0 Å². The Bertz CT molecular complexity index is 2920. The van der Waals surface area contributed by atoms with Gasteiger partial charge in [-0.3, -0.25) is 0 Å². The van der Waals surface area contributed by atoms with E-state index in [1.165, 1.54) is 24.3 Å². The van der Waals surface area contributed by atoms with Gasteiger partial charge in [0.05, 0.1) is 22.3 Å². The fourth-order valence-electron chi connectivity index (χ4n) is 7.40. The second-order valence-electron chi connectivity index (χ2n) is 14.1. The van der Waals surface area contributed by atoms with Crippen molar-refractivity contribution in [2.45, 2.75) is 0 Å². The van der Waals surface area contributed by atoms with E-state index in [4.69, 9.17) is 0 Å². The second kappa shape index (κ2) is 16.2. The first-order chi connectivity index (χ1) is 31.1. The van der Waals surface area contributed by atoms with Gasteiger partial charge in [-0.2, -0.15) is 0 Å². The van der Waals surface area contributed by atoms with Crippen LogP contribution in [0, 0.1) is 116 Å². The molecule has 0 aliphatic rings. The van der Waals surface area contributed by atoms with Crippen molar-refractivity contribution >= 4 is 10.8 Å². The average Bonchev–Trinajstić information content (AvgIpc) is 3.31. The lowest BCUT2D eigenvalue weighted by atomic mass is 9.86. The van der Waals surface area contributed by atoms with Crippen molar-refractivity contribution in [3.8, 4) is 66.8 Å². The monoisotopic (exact) mass is 944 g/mol. The maximum absolute atomic E-state index is 15.4. The average molecular weight is 945 g/mol. The Labute approximate surface area is 354 Å². The molecule has 0 bridgehead atoms. The van der Waals surface area contributed by atoms with E-state index < -0.39 is 183 Å². The quantitative estimate of drug-likeness (QED) is 0.0885. The van der Waals surface area contributed by atoms with Crippen molar-refractivity contribution in [2.24, 2.45) is 0 Å². The molecule has 336 valence electrons. The molecule has 0 fully saturated rings. The molecular formula is C46H12F20. The molecular weight excluding hydrogens is 932 g/mol. The maximum atomic E-state index is 15.4. The molecule has 8 rings (SSSR count). The van der Waals surface area contributed by atoms with E-state index in [0.717, 1.165) is 12.1 Å². The van der Waals surface area contributed by atoms with E-state index in [-0.39, 0.29) is 10.8 Å². The van der Waals surface area contributed by atoms with Crippen LogP contribution in [-0.2, 0) is 0 Å². The molecule has 0 aromatic heterocycles. The summed E-state index contributed by atoms with van der Waals surface area (Å²) in [5.74, 6) is -51.4. The molecule has 0 radical (unpaired) electrons. The van der Waals surface area contributed by atoms with Gasteiger partial charge in [0.25, 0.3) is 0 Å². The third-order valence-corrected chi connectivity index (χ3v) is 10.4. The van der Waals surface area contributed by atoms with Gasteiger partial charge in [-0.15, -0.1) is 0 Å². The molecule has 0 heterocycles. The van der Waals surface area contributed by atoms with E-state index in [1.54, 1.807) is 0 Å².